The van der Waals surface area contributed by atoms with Gasteiger partial charge in [-0.2, -0.15) is 10.2 Å². The first-order chi connectivity index (χ1) is 15.2. The topological polar surface area (TPSA) is 115 Å². The van der Waals surface area contributed by atoms with E-state index in [0.29, 0.717) is 44.2 Å². The van der Waals surface area contributed by atoms with Gasteiger partial charge in [0.1, 0.15) is 12.6 Å². The highest BCUT2D eigenvalue weighted by atomic mass is 79.9. The van der Waals surface area contributed by atoms with Crippen molar-refractivity contribution in [3.63, 3.8) is 0 Å². The molecule has 0 spiro atoms. The van der Waals surface area contributed by atoms with Crippen LogP contribution >= 0.6 is 15.9 Å². The Morgan fingerprint density at radius 3 is 2.44 bits per heavy atom. The second kappa shape index (κ2) is 10.2. The summed E-state index contributed by atoms with van der Waals surface area (Å²) in [4.78, 5) is 40.6. The summed E-state index contributed by atoms with van der Waals surface area (Å²) in [5.41, 5.74) is 2.02. The lowest BCUT2D eigenvalue weighted by molar-refractivity contribution is -0.136. The number of rotatable bonds is 6. The van der Waals surface area contributed by atoms with E-state index in [9.17, 15) is 14.4 Å². The van der Waals surface area contributed by atoms with E-state index >= 15 is 0 Å². The van der Waals surface area contributed by atoms with Crippen LogP contribution in [0, 0.1) is 13.8 Å². The summed E-state index contributed by atoms with van der Waals surface area (Å²) in [5, 5.41) is 11.4. The molecule has 174 valence electrons. The van der Waals surface area contributed by atoms with Crippen molar-refractivity contribution >= 4 is 39.5 Å². The molecule has 1 N–H and O–H groups in total. The molecular formula is C20H28BrN7O4. The zero-order valence-electron chi connectivity index (χ0n) is 18.7. The molecule has 3 amide bonds. The first-order valence-corrected chi connectivity index (χ1v) is 11.2. The van der Waals surface area contributed by atoms with Crippen LogP contribution in [0.1, 0.15) is 31.3 Å². The molecule has 0 saturated carbocycles. The monoisotopic (exact) mass is 509 g/mol. The number of ether oxygens (including phenoxy) is 1. The summed E-state index contributed by atoms with van der Waals surface area (Å²) in [6.45, 7) is 9.30. The zero-order chi connectivity index (χ0) is 23.4. The maximum atomic E-state index is 13.0. The van der Waals surface area contributed by atoms with Crippen molar-refractivity contribution in [1.82, 2.24) is 29.4 Å². The predicted octanol–water partition coefficient (Wildman–Crippen LogP) is 1.96. The number of aromatic nitrogens is 4. The van der Waals surface area contributed by atoms with Crippen LogP contribution in [0.4, 0.5) is 10.5 Å². The molecule has 3 heterocycles. The Bertz CT molecular complexity index is 994. The second-order valence-corrected chi connectivity index (χ2v) is 8.43. The smallest absolute Gasteiger partial charge is 0.409 e. The standard InChI is InChI=1S/C20H28BrN7O4/c1-5-32-20(31)26-8-6-25(7-9-26)19(30)15(4)28-11-17(13(2)24-28)23-18(29)12-27-14(3)16(21)10-22-27/h10-11,15H,5-9,12H2,1-4H3,(H,23,29). The van der Waals surface area contributed by atoms with Crippen LogP contribution in [0.15, 0.2) is 16.9 Å². The molecule has 0 radical (unpaired) electrons. The summed E-state index contributed by atoms with van der Waals surface area (Å²) >= 11 is 3.38. The average Bonchev–Trinajstić information content (AvgIpc) is 3.29. The Kier molecular flexibility index (Phi) is 7.54. The van der Waals surface area contributed by atoms with Crippen LogP contribution in [0.5, 0.6) is 0 Å². The van der Waals surface area contributed by atoms with Crippen LogP contribution in [0.2, 0.25) is 0 Å². The molecule has 1 atom stereocenters. The fourth-order valence-electron chi connectivity index (χ4n) is 3.41. The number of anilines is 1. The van der Waals surface area contributed by atoms with E-state index in [1.807, 2.05) is 6.92 Å². The molecule has 1 fully saturated rings. The molecule has 12 heteroatoms. The van der Waals surface area contributed by atoms with Gasteiger partial charge in [-0.15, -0.1) is 0 Å². The average molecular weight is 510 g/mol. The Balaban J connectivity index is 1.58. The van der Waals surface area contributed by atoms with Crippen molar-refractivity contribution in [3.05, 3.63) is 28.3 Å². The number of carbonyl (C=O) groups excluding carboxylic acids is 3. The molecule has 0 aromatic carbocycles. The Morgan fingerprint density at radius 2 is 1.84 bits per heavy atom. The quantitative estimate of drug-likeness (QED) is 0.636. The van der Waals surface area contributed by atoms with Crippen LogP contribution in [-0.4, -0.2) is 80.1 Å². The maximum absolute atomic E-state index is 13.0. The Morgan fingerprint density at radius 1 is 1.19 bits per heavy atom. The molecule has 0 bridgehead atoms. The Hall–Kier alpha value is -2.89. The van der Waals surface area contributed by atoms with E-state index in [1.165, 1.54) is 0 Å². The van der Waals surface area contributed by atoms with Crippen LogP contribution in [0.25, 0.3) is 0 Å². The molecule has 1 saturated heterocycles. The number of nitrogens with one attached hydrogen (secondary N) is 1. The number of amides is 3. The molecule has 1 aliphatic rings. The summed E-state index contributed by atoms with van der Waals surface area (Å²) < 4.78 is 9.01. The van der Waals surface area contributed by atoms with Gasteiger partial charge in [-0.1, -0.05) is 0 Å². The second-order valence-electron chi connectivity index (χ2n) is 7.58. The summed E-state index contributed by atoms with van der Waals surface area (Å²) in [7, 11) is 0. The first-order valence-electron chi connectivity index (χ1n) is 10.4. The molecule has 3 rings (SSSR count). The van der Waals surface area contributed by atoms with Crippen molar-refractivity contribution in [1.29, 1.82) is 0 Å². The predicted molar refractivity (Wildman–Crippen MR) is 120 cm³/mol. The number of hydrogen-bond donors (Lipinski definition) is 1. The van der Waals surface area contributed by atoms with E-state index in [4.69, 9.17) is 4.74 Å². The SMILES string of the molecule is CCOC(=O)N1CCN(C(=O)C(C)n2cc(NC(=O)Cn3ncc(Br)c3C)c(C)n2)CC1. The Labute approximate surface area is 194 Å². The van der Waals surface area contributed by atoms with Crippen molar-refractivity contribution in [2.24, 2.45) is 0 Å². The van der Waals surface area contributed by atoms with Gasteiger partial charge >= 0.3 is 6.09 Å². The van der Waals surface area contributed by atoms with E-state index in [0.717, 1.165) is 10.2 Å². The molecule has 2 aromatic rings. The van der Waals surface area contributed by atoms with Crippen molar-refractivity contribution in [2.45, 2.75) is 40.3 Å². The van der Waals surface area contributed by atoms with Gasteiger partial charge in [0, 0.05) is 32.4 Å². The highest BCUT2D eigenvalue weighted by molar-refractivity contribution is 9.10. The van der Waals surface area contributed by atoms with Gasteiger partial charge in [0.05, 0.1) is 34.4 Å². The lowest BCUT2D eigenvalue weighted by Crippen LogP contribution is -2.52. The minimum atomic E-state index is -0.544. The number of halogens is 1. The highest BCUT2D eigenvalue weighted by Crippen LogP contribution is 2.19. The minimum Gasteiger partial charge on any atom is -0.450 e. The van der Waals surface area contributed by atoms with Gasteiger partial charge in [0.2, 0.25) is 11.8 Å². The molecule has 1 unspecified atom stereocenters. The number of piperazine rings is 1. The maximum Gasteiger partial charge on any atom is 0.409 e. The van der Waals surface area contributed by atoms with Gasteiger partial charge in [-0.25, -0.2) is 4.79 Å². The molecule has 2 aromatic heterocycles. The first kappa shape index (κ1) is 23.8. The number of nitrogens with zero attached hydrogens (tertiary/aromatic N) is 6. The van der Waals surface area contributed by atoms with Gasteiger partial charge in [0.25, 0.3) is 0 Å². The number of carbonyl (C=O) groups is 3. The van der Waals surface area contributed by atoms with Crippen LogP contribution in [-0.2, 0) is 20.9 Å². The fraction of sp³-hybridized carbons (Fsp3) is 0.550. The number of aryl methyl sites for hydroxylation is 1. The van der Waals surface area contributed by atoms with Crippen molar-refractivity contribution in [3.8, 4) is 0 Å². The van der Waals surface area contributed by atoms with Gasteiger partial charge in [0.15, 0.2) is 0 Å². The summed E-state index contributed by atoms with van der Waals surface area (Å²) in [5.74, 6) is -0.327. The zero-order valence-corrected chi connectivity index (χ0v) is 20.3. The molecule has 11 nitrogen and oxygen atoms in total. The number of hydrogen-bond acceptors (Lipinski definition) is 6. The molecular weight excluding hydrogens is 482 g/mol. The summed E-state index contributed by atoms with van der Waals surface area (Å²) in [6.07, 6.45) is 2.95. The lowest BCUT2D eigenvalue weighted by atomic mass is 10.2. The summed E-state index contributed by atoms with van der Waals surface area (Å²) in [6, 6.07) is -0.544. The van der Waals surface area contributed by atoms with Crippen molar-refractivity contribution < 1.29 is 19.1 Å². The molecule has 1 aliphatic heterocycles. The third-order valence-electron chi connectivity index (χ3n) is 5.40. The normalized spacial score (nSPS) is 14.9. The fourth-order valence-corrected chi connectivity index (χ4v) is 3.71. The lowest BCUT2D eigenvalue weighted by Gasteiger charge is -2.35. The van der Waals surface area contributed by atoms with E-state index in [1.54, 1.807) is 52.3 Å². The van der Waals surface area contributed by atoms with E-state index < -0.39 is 6.04 Å². The van der Waals surface area contributed by atoms with Crippen molar-refractivity contribution in [2.75, 3.05) is 38.1 Å². The minimum absolute atomic E-state index is 0.0707. The third-order valence-corrected chi connectivity index (χ3v) is 6.18. The van der Waals surface area contributed by atoms with Crippen LogP contribution < -0.4 is 5.32 Å². The van der Waals surface area contributed by atoms with Gasteiger partial charge < -0.3 is 19.9 Å². The van der Waals surface area contributed by atoms with Crippen LogP contribution in [0.3, 0.4) is 0 Å². The molecule has 32 heavy (non-hydrogen) atoms. The third kappa shape index (κ3) is 5.29. The van der Waals surface area contributed by atoms with E-state index in [-0.39, 0.29) is 24.5 Å². The largest absolute Gasteiger partial charge is 0.450 e. The molecule has 0 aliphatic carbocycles. The highest BCUT2D eigenvalue weighted by Gasteiger charge is 2.29. The van der Waals surface area contributed by atoms with E-state index in [2.05, 4.69) is 31.4 Å². The van der Waals surface area contributed by atoms with Gasteiger partial charge in [-0.3, -0.25) is 19.0 Å². The van der Waals surface area contributed by atoms with Gasteiger partial charge in [-0.05, 0) is 43.6 Å².